The first-order valence-electron chi connectivity index (χ1n) is 6.53. The number of ether oxygens (including phenoxy) is 1. The predicted octanol–water partition coefficient (Wildman–Crippen LogP) is 2.02. The van der Waals surface area contributed by atoms with Gasteiger partial charge in [-0.25, -0.2) is 0 Å². The zero-order chi connectivity index (χ0) is 13.1. The number of aliphatic hydroxyl groups excluding tert-OH is 2. The van der Waals surface area contributed by atoms with Gasteiger partial charge in [-0.15, -0.1) is 0 Å². The second-order valence-electron chi connectivity index (χ2n) is 4.53. The second kappa shape index (κ2) is 10.5. The summed E-state index contributed by atoms with van der Waals surface area (Å²) in [6.07, 6.45) is 5.35. The maximum Gasteiger partial charge on any atom is 0.308 e. The maximum absolute atomic E-state index is 10.9. The summed E-state index contributed by atoms with van der Waals surface area (Å²) in [5, 5.41) is 19.2. The van der Waals surface area contributed by atoms with E-state index in [1.54, 1.807) is 0 Å². The number of hydrogen-bond acceptors (Lipinski definition) is 4. The monoisotopic (exact) mass is 246 g/mol. The van der Waals surface area contributed by atoms with E-state index in [0.717, 1.165) is 12.8 Å². The van der Waals surface area contributed by atoms with Crippen molar-refractivity contribution >= 4 is 5.97 Å². The molecule has 0 fully saturated rings. The quantitative estimate of drug-likeness (QED) is 0.457. The highest BCUT2D eigenvalue weighted by Crippen LogP contribution is 2.12. The number of carbonyl (C=O) groups is 1. The fourth-order valence-corrected chi connectivity index (χ4v) is 1.77. The van der Waals surface area contributed by atoms with Crippen molar-refractivity contribution in [2.45, 2.75) is 70.5 Å². The van der Waals surface area contributed by atoms with Crippen molar-refractivity contribution < 1.29 is 19.7 Å². The van der Waals surface area contributed by atoms with Crippen LogP contribution >= 0.6 is 0 Å². The minimum atomic E-state index is -0.798. The second-order valence-corrected chi connectivity index (χ2v) is 4.53. The van der Waals surface area contributed by atoms with Crippen LogP contribution in [0.1, 0.15) is 58.3 Å². The number of aliphatic hydroxyl groups is 2. The van der Waals surface area contributed by atoms with Crippen LogP contribution in [0.5, 0.6) is 0 Å². The zero-order valence-corrected chi connectivity index (χ0v) is 11.0. The molecule has 0 aliphatic carbocycles. The lowest BCUT2D eigenvalue weighted by atomic mass is 10.0. The molecule has 0 bridgehead atoms. The molecule has 0 aromatic rings. The van der Waals surface area contributed by atoms with E-state index in [9.17, 15) is 15.0 Å². The summed E-state index contributed by atoms with van der Waals surface area (Å²) in [7, 11) is 1.29. The molecule has 2 N–H and O–H groups in total. The third-order valence-corrected chi connectivity index (χ3v) is 2.82. The average molecular weight is 246 g/mol. The van der Waals surface area contributed by atoms with Crippen LogP contribution in [0.3, 0.4) is 0 Å². The van der Waals surface area contributed by atoms with Crippen molar-refractivity contribution in [3.8, 4) is 0 Å². The van der Waals surface area contributed by atoms with Gasteiger partial charge in [-0.2, -0.15) is 0 Å². The normalized spacial score (nSPS) is 14.4. The fourth-order valence-electron chi connectivity index (χ4n) is 1.77. The van der Waals surface area contributed by atoms with Crippen molar-refractivity contribution in [1.82, 2.24) is 0 Å². The van der Waals surface area contributed by atoms with Crippen molar-refractivity contribution in [3.63, 3.8) is 0 Å². The molecule has 2 atom stereocenters. The van der Waals surface area contributed by atoms with E-state index in [0.29, 0.717) is 6.42 Å². The first kappa shape index (κ1) is 16.4. The molecule has 102 valence electrons. The van der Waals surface area contributed by atoms with E-state index in [1.807, 2.05) is 0 Å². The largest absolute Gasteiger partial charge is 0.469 e. The summed E-state index contributed by atoms with van der Waals surface area (Å²) < 4.78 is 4.45. The van der Waals surface area contributed by atoms with Gasteiger partial charge in [0.25, 0.3) is 0 Å². The van der Waals surface area contributed by atoms with Gasteiger partial charge in [0.2, 0.25) is 0 Å². The SMILES string of the molecule is CCCCCCC[C@H](O)C[C@H](O)CC(=O)OC. The van der Waals surface area contributed by atoms with Crippen LogP contribution in [0.4, 0.5) is 0 Å². The zero-order valence-electron chi connectivity index (χ0n) is 11.0. The topological polar surface area (TPSA) is 66.8 Å². The smallest absolute Gasteiger partial charge is 0.308 e. The van der Waals surface area contributed by atoms with Gasteiger partial charge in [0.15, 0.2) is 0 Å². The Morgan fingerprint density at radius 1 is 1.12 bits per heavy atom. The number of rotatable bonds is 10. The lowest BCUT2D eigenvalue weighted by Gasteiger charge is -2.14. The Labute approximate surface area is 104 Å². The molecule has 0 amide bonds. The Morgan fingerprint density at radius 3 is 2.35 bits per heavy atom. The van der Waals surface area contributed by atoms with E-state index >= 15 is 0 Å². The van der Waals surface area contributed by atoms with Crippen molar-refractivity contribution in [2.75, 3.05) is 7.11 Å². The molecule has 0 heterocycles. The van der Waals surface area contributed by atoms with Gasteiger partial charge >= 0.3 is 5.97 Å². The van der Waals surface area contributed by atoms with Gasteiger partial charge in [-0.3, -0.25) is 4.79 Å². The van der Waals surface area contributed by atoms with Crippen LogP contribution in [-0.2, 0) is 9.53 Å². The van der Waals surface area contributed by atoms with Gasteiger partial charge < -0.3 is 14.9 Å². The molecule has 4 heteroatoms. The highest BCUT2D eigenvalue weighted by atomic mass is 16.5. The summed E-state index contributed by atoms with van der Waals surface area (Å²) >= 11 is 0. The summed E-state index contributed by atoms with van der Waals surface area (Å²) in [5.41, 5.74) is 0. The Kier molecular flexibility index (Phi) is 10.2. The van der Waals surface area contributed by atoms with Crippen LogP contribution in [0.15, 0.2) is 0 Å². The molecule has 0 aromatic heterocycles. The third kappa shape index (κ3) is 10.3. The van der Waals surface area contributed by atoms with Crippen molar-refractivity contribution in [1.29, 1.82) is 0 Å². The summed E-state index contributed by atoms with van der Waals surface area (Å²) in [5.74, 6) is -0.437. The lowest BCUT2D eigenvalue weighted by Crippen LogP contribution is -2.21. The summed E-state index contributed by atoms with van der Waals surface area (Å²) in [6, 6.07) is 0. The first-order valence-corrected chi connectivity index (χ1v) is 6.53. The molecule has 17 heavy (non-hydrogen) atoms. The molecule has 0 saturated carbocycles. The van der Waals surface area contributed by atoms with Gasteiger partial charge in [-0.05, 0) is 12.8 Å². The van der Waals surface area contributed by atoms with E-state index in [-0.39, 0.29) is 12.8 Å². The van der Waals surface area contributed by atoms with Crippen LogP contribution in [0.2, 0.25) is 0 Å². The first-order chi connectivity index (χ1) is 8.10. The van der Waals surface area contributed by atoms with Crippen LogP contribution < -0.4 is 0 Å². The highest BCUT2D eigenvalue weighted by Gasteiger charge is 2.15. The molecule has 0 aromatic carbocycles. The average Bonchev–Trinajstić information content (AvgIpc) is 2.28. The highest BCUT2D eigenvalue weighted by molar-refractivity contribution is 5.69. The van der Waals surface area contributed by atoms with E-state index in [2.05, 4.69) is 11.7 Å². The Morgan fingerprint density at radius 2 is 1.76 bits per heavy atom. The van der Waals surface area contributed by atoms with Crippen molar-refractivity contribution in [3.05, 3.63) is 0 Å². The minimum Gasteiger partial charge on any atom is -0.469 e. The van der Waals surface area contributed by atoms with Crippen LogP contribution in [0, 0.1) is 0 Å². The van der Waals surface area contributed by atoms with Gasteiger partial charge in [0.1, 0.15) is 0 Å². The molecule has 0 radical (unpaired) electrons. The van der Waals surface area contributed by atoms with Gasteiger partial charge in [-0.1, -0.05) is 39.0 Å². The van der Waals surface area contributed by atoms with E-state index in [4.69, 9.17) is 0 Å². The molecular weight excluding hydrogens is 220 g/mol. The Hall–Kier alpha value is -0.610. The van der Waals surface area contributed by atoms with Crippen LogP contribution in [0.25, 0.3) is 0 Å². The maximum atomic E-state index is 10.9. The number of hydrogen-bond donors (Lipinski definition) is 2. The molecule has 0 saturated heterocycles. The molecule has 0 aliphatic heterocycles. The number of carbonyl (C=O) groups excluding carboxylic acids is 1. The standard InChI is InChI=1S/C13H26O4/c1-3-4-5-6-7-8-11(14)9-12(15)10-13(16)17-2/h11-12,14-15H,3-10H2,1-2H3/t11-,12-/m0/s1. The summed E-state index contributed by atoms with van der Waals surface area (Å²) in [4.78, 5) is 10.9. The molecule has 0 aliphatic rings. The van der Waals surface area contributed by atoms with Gasteiger partial charge in [0, 0.05) is 0 Å². The van der Waals surface area contributed by atoms with Crippen LogP contribution in [-0.4, -0.2) is 35.5 Å². The molecule has 0 spiro atoms. The van der Waals surface area contributed by atoms with Crippen molar-refractivity contribution in [2.24, 2.45) is 0 Å². The van der Waals surface area contributed by atoms with Gasteiger partial charge in [0.05, 0.1) is 25.7 Å². The number of methoxy groups -OCH3 is 1. The number of unbranched alkanes of at least 4 members (excludes halogenated alkanes) is 4. The molecule has 0 rings (SSSR count). The molecular formula is C13H26O4. The molecule has 0 unspecified atom stereocenters. The lowest BCUT2D eigenvalue weighted by molar-refractivity contribution is -0.143. The fraction of sp³-hybridized carbons (Fsp3) is 0.923. The minimum absolute atomic E-state index is 0.0383. The third-order valence-electron chi connectivity index (χ3n) is 2.82. The molecule has 4 nitrogen and oxygen atoms in total. The summed E-state index contributed by atoms with van der Waals surface area (Å²) in [6.45, 7) is 2.16. The number of esters is 1. The Bertz CT molecular complexity index is 194. The predicted molar refractivity (Wildman–Crippen MR) is 66.6 cm³/mol. The Balaban J connectivity index is 3.50. The van der Waals surface area contributed by atoms with E-state index < -0.39 is 18.2 Å². The van der Waals surface area contributed by atoms with E-state index in [1.165, 1.54) is 26.4 Å².